The zero-order valence-corrected chi connectivity index (χ0v) is 21.2. The van der Waals surface area contributed by atoms with Gasteiger partial charge < -0.3 is 19.8 Å². The fourth-order valence-electron chi connectivity index (χ4n) is 7.14. The Hall–Kier alpha value is -3.06. The van der Waals surface area contributed by atoms with E-state index in [0.717, 1.165) is 52.8 Å². The normalized spacial score (nSPS) is 25.7. The van der Waals surface area contributed by atoms with Crippen LogP contribution in [0.2, 0.25) is 0 Å². The highest BCUT2D eigenvalue weighted by Crippen LogP contribution is 2.53. The highest BCUT2D eigenvalue weighted by molar-refractivity contribution is 5.98. The van der Waals surface area contributed by atoms with Gasteiger partial charge in [-0.05, 0) is 67.3 Å². The molecule has 2 atom stereocenters. The molecule has 1 saturated carbocycles. The lowest BCUT2D eigenvalue weighted by molar-refractivity contribution is -0.121. The Labute approximate surface area is 206 Å². The van der Waals surface area contributed by atoms with Crippen LogP contribution < -0.4 is 15.4 Å². The Kier molecular flexibility index (Phi) is 4.94. The van der Waals surface area contributed by atoms with Crippen molar-refractivity contribution >= 4 is 22.9 Å². The predicted molar refractivity (Wildman–Crippen MR) is 138 cm³/mol. The van der Waals surface area contributed by atoms with E-state index >= 15 is 0 Å². The van der Waals surface area contributed by atoms with Crippen LogP contribution in [-0.2, 0) is 11.3 Å². The molecule has 6 rings (SSSR count). The van der Waals surface area contributed by atoms with Crippen LogP contribution in [0.1, 0.15) is 52.7 Å². The van der Waals surface area contributed by atoms with Gasteiger partial charge in [0.2, 0.25) is 0 Å². The van der Waals surface area contributed by atoms with E-state index in [2.05, 4.69) is 42.2 Å². The van der Waals surface area contributed by atoms with Crippen LogP contribution in [0.5, 0.6) is 5.75 Å². The number of nitrogens with zero attached hydrogens (tertiary/aromatic N) is 4. The lowest BCUT2D eigenvalue weighted by atomic mass is 9.65. The van der Waals surface area contributed by atoms with Gasteiger partial charge in [0.25, 0.3) is 5.91 Å². The van der Waals surface area contributed by atoms with Crippen molar-refractivity contribution in [3.05, 3.63) is 42.2 Å². The quantitative estimate of drug-likeness (QED) is 0.593. The summed E-state index contributed by atoms with van der Waals surface area (Å²) in [6, 6.07) is 10.5. The molecule has 1 saturated heterocycles. The van der Waals surface area contributed by atoms with Gasteiger partial charge in [0.05, 0.1) is 17.1 Å². The summed E-state index contributed by atoms with van der Waals surface area (Å²) in [7, 11) is 0. The number of fused-ring (bicyclic) bond motifs is 4. The van der Waals surface area contributed by atoms with E-state index in [1.165, 1.54) is 19.3 Å². The van der Waals surface area contributed by atoms with Crippen molar-refractivity contribution in [2.75, 3.05) is 30.3 Å². The zero-order chi connectivity index (χ0) is 24.5. The molecule has 2 bridgehead atoms. The first-order valence-corrected chi connectivity index (χ1v) is 12.7. The van der Waals surface area contributed by atoms with Gasteiger partial charge in [0, 0.05) is 43.1 Å². The van der Waals surface area contributed by atoms with Gasteiger partial charge in [-0.2, -0.15) is 0 Å². The minimum Gasteiger partial charge on any atom is -0.482 e. The van der Waals surface area contributed by atoms with E-state index in [-0.39, 0.29) is 12.5 Å². The van der Waals surface area contributed by atoms with Crippen LogP contribution in [0.15, 0.2) is 36.5 Å². The van der Waals surface area contributed by atoms with Gasteiger partial charge >= 0.3 is 0 Å². The Morgan fingerprint density at radius 3 is 2.80 bits per heavy atom. The monoisotopic (exact) mass is 473 g/mol. The minimum atomic E-state index is -0.0136. The number of aromatic nitrogens is 2. The number of likely N-dealkylation sites (N-methyl/N-ethyl adjacent to an activating group) is 1. The molecular formula is C28H35N5O2. The lowest BCUT2D eigenvalue weighted by Gasteiger charge is -2.40. The summed E-state index contributed by atoms with van der Waals surface area (Å²) in [6.45, 7) is 11.9. The summed E-state index contributed by atoms with van der Waals surface area (Å²) >= 11 is 0. The second-order valence-electron chi connectivity index (χ2n) is 11.8. The third-order valence-corrected chi connectivity index (χ3v) is 8.11. The van der Waals surface area contributed by atoms with Gasteiger partial charge in [-0.15, -0.1) is 0 Å². The van der Waals surface area contributed by atoms with Gasteiger partial charge in [0.1, 0.15) is 11.4 Å². The molecule has 1 aromatic carbocycles. The molecule has 4 heterocycles. The average molecular weight is 474 g/mol. The number of amides is 1. The van der Waals surface area contributed by atoms with Gasteiger partial charge in [-0.1, -0.05) is 20.8 Å². The molecule has 1 amide bonds. The fourth-order valence-corrected chi connectivity index (χ4v) is 7.14. The SMILES string of the molecule is CCN1C(=O)COc2ccc(-c3nc4ccc(N)cn4c3CN3CC4(C)CC3CC(C)(C)C4)cc21. The maximum atomic E-state index is 12.5. The predicted octanol–water partition coefficient (Wildman–Crippen LogP) is 4.73. The first-order valence-electron chi connectivity index (χ1n) is 12.7. The van der Waals surface area contributed by atoms with Crippen molar-refractivity contribution in [3.8, 4) is 17.0 Å². The summed E-state index contributed by atoms with van der Waals surface area (Å²) in [5, 5.41) is 0. The number of carbonyl (C=O) groups is 1. The zero-order valence-electron chi connectivity index (χ0n) is 21.2. The summed E-state index contributed by atoms with van der Waals surface area (Å²) in [4.78, 5) is 22.0. The highest BCUT2D eigenvalue weighted by Gasteiger charge is 2.49. The number of nitrogen functional groups attached to an aromatic ring is 1. The fraction of sp³-hybridized carbons (Fsp3) is 0.500. The number of rotatable bonds is 4. The van der Waals surface area contributed by atoms with Crippen LogP contribution in [0.4, 0.5) is 11.4 Å². The van der Waals surface area contributed by atoms with E-state index in [1.54, 1.807) is 4.90 Å². The first kappa shape index (κ1) is 22.4. The Morgan fingerprint density at radius 2 is 2.00 bits per heavy atom. The van der Waals surface area contributed by atoms with Crippen molar-refractivity contribution in [3.63, 3.8) is 0 Å². The number of nitrogens with two attached hydrogens (primary N) is 1. The molecular weight excluding hydrogens is 438 g/mol. The number of likely N-dealkylation sites (tertiary alicyclic amines) is 1. The number of anilines is 2. The van der Waals surface area contributed by atoms with Crippen LogP contribution in [-0.4, -0.2) is 45.9 Å². The Morgan fingerprint density at radius 1 is 1.17 bits per heavy atom. The maximum absolute atomic E-state index is 12.5. The number of benzene rings is 1. The van der Waals surface area contributed by atoms with E-state index in [9.17, 15) is 4.79 Å². The number of ether oxygens (including phenoxy) is 1. The second-order valence-corrected chi connectivity index (χ2v) is 11.8. The van der Waals surface area contributed by atoms with Crippen molar-refractivity contribution in [2.45, 2.75) is 59.5 Å². The summed E-state index contributed by atoms with van der Waals surface area (Å²) in [5.41, 5.74) is 12.4. The van der Waals surface area contributed by atoms with Crippen LogP contribution >= 0.6 is 0 Å². The molecule has 0 radical (unpaired) electrons. The number of imidazole rings is 1. The smallest absolute Gasteiger partial charge is 0.265 e. The minimum absolute atomic E-state index is 0.0136. The molecule has 2 N–H and O–H groups in total. The highest BCUT2D eigenvalue weighted by atomic mass is 16.5. The molecule has 7 nitrogen and oxygen atoms in total. The molecule has 184 valence electrons. The largest absolute Gasteiger partial charge is 0.482 e. The first-order chi connectivity index (χ1) is 16.6. The van der Waals surface area contributed by atoms with E-state index in [1.807, 2.05) is 31.3 Å². The summed E-state index contributed by atoms with van der Waals surface area (Å²) in [5.74, 6) is 0.730. The van der Waals surface area contributed by atoms with Crippen LogP contribution in [0.25, 0.3) is 16.9 Å². The maximum Gasteiger partial charge on any atom is 0.265 e. The van der Waals surface area contributed by atoms with Gasteiger partial charge in [-0.25, -0.2) is 4.98 Å². The summed E-state index contributed by atoms with van der Waals surface area (Å²) < 4.78 is 7.86. The Balaban J connectivity index is 1.44. The third kappa shape index (κ3) is 3.77. The van der Waals surface area contributed by atoms with Crippen molar-refractivity contribution in [1.82, 2.24) is 14.3 Å². The van der Waals surface area contributed by atoms with Crippen molar-refractivity contribution in [1.29, 1.82) is 0 Å². The lowest BCUT2D eigenvalue weighted by Crippen LogP contribution is -2.38. The molecule has 2 aliphatic heterocycles. The number of hydrogen-bond acceptors (Lipinski definition) is 5. The molecule has 2 unspecified atom stereocenters. The van der Waals surface area contributed by atoms with Gasteiger partial charge in [0.15, 0.2) is 6.61 Å². The molecule has 0 spiro atoms. The van der Waals surface area contributed by atoms with Gasteiger partial charge in [-0.3, -0.25) is 9.69 Å². The molecule has 35 heavy (non-hydrogen) atoms. The number of hydrogen-bond donors (Lipinski definition) is 1. The summed E-state index contributed by atoms with van der Waals surface area (Å²) in [6.07, 6.45) is 5.74. The third-order valence-electron chi connectivity index (χ3n) is 8.11. The molecule has 1 aliphatic carbocycles. The molecule has 3 aliphatic rings. The van der Waals surface area contributed by atoms with E-state index in [4.69, 9.17) is 15.5 Å². The molecule has 2 aromatic heterocycles. The van der Waals surface area contributed by atoms with Crippen molar-refractivity contribution < 1.29 is 9.53 Å². The molecule has 7 heteroatoms. The number of pyridine rings is 1. The second kappa shape index (κ2) is 7.72. The standard InChI is InChI=1S/C28H35N5O2/c1-5-32-21-10-18(6-8-23(21)35-15-25(32)34)26-22(33-13-19(29)7-9-24(33)30-26)14-31-17-28(4)12-20(31)11-27(2,3)16-28/h6-10,13,20H,5,11-12,14-17,29H2,1-4H3. The average Bonchev–Trinajstić information content (AvgIpc) is 3.26. The van der Waals surface area contributed by atoms with Crippen LogP contribution in [0.3, 0.4) is 0 Å². The topological polar surface area (TPSA) is 76.1 Å². The molecule has 2 fully saturated rings. The molecule has 3 aromatic rings. The van der Waals surface area contributed by atoms with Crippen LogP contribution in [0, 0.1) is 10.8 Å². The van der Waals surface area contributed by atoms with E-state index in [0.29, 0.717) is 23.4 Å². The van der Waals surface area contributed by atoms with E-state index < -0.39 is 0 Å². The number of carbonyl (C=O) groups excluding carboxylic acids is 1. The van der Waals surface area contributed by atoms with Crippen molar-refractivity contribution in [2.24, 2.45) is 10.8 Å². The Bertz CT molecular complexity index is 1330.